The number of aryl methyl sites for hydroxylation is 2. The maximum Gasteiger partial charge on any atom is 0.238 e. The van der Waals surface area contributed by atoms with E-state index in [-0.39, 0.29) is 34.2 Å². The van der Waals surface area contributed by atoms with Gasteiger partial charge in [0.1, 0.15) is 22.8 Å². The van der Waals surface area contributed by atoms with Crippen molar-refractivity contribution in [2.24, 2.45) is 13.0 Å². The highest BCUT2D eigenvalue weighted by Crippen LogP contribution is 2.37. The predicted molar refractivity (Wildman–Crippen MR) is 125 cm³/mol. The molecule has 0 amide bonds. The van der Waals surface area contributed by atoms with E-state index in [1.54, 1.807) is 40.8 Å². The van der Waals surface area contributed by atoms with Crippen LogP contribution in [0.3, 0.4) is 0 Å². The third-order valence-corrected chi connectivity index (χ3v) is 5.95. The Balaban J connectivity index is 1.35. The Bertz CT molecular complexity index is 1440. The SMILES string of the molecule is COc1nc(C(=N)NOC(C(=O)c2cn(C)c3nccc(F)c23)C2CC2)ccc1-n1cnc(C)c1. The summed E-state index contributed by atoms with van der Waals surface area (Å²) in [4.78, 5) is 31.9. The molecule has 0 bridgehead atoms. The molecule has 0 aromatic carbocycles. The number of amidine groups is 1. The standard InChI is InChI=1S/C24H24FN7O3/c1-13-10-32(12-28-13)18-7-6-17(29-24(18)34-3)22(26)30-35-21(14-4-5-14)20(33)15-11-31(2)23-19(15)16(25)8-9-27-23/h6-12,14,21H,4-5H2,1-3H3,(H2,26,30). The van der Waals surface area contributed by atoms with E-state index in [1.807, 2.05) is 13.1 Å². The molecule has 4 aromatic rings. The first-order chi connectivity index (χ1) is 16.9. The van der Waals surface area contributed by atoms with Gasteiger partial charge in [-0.05, 0) is 43.9 Å². The number of carbonyl (C=O) groups excluding carboxylic acids is 1. The van der Waals surface area contributed by atoms with Crippen molar-refractivity contribution in [2.45, 2.75) is 25.9 Å². The third-order valence-electron chi connectivity index (χ3n) is 5.95. The fourth-order valence-corrected chi connectivity index (χ4v) is 4.01. The number of aromatic nitrogens is 5. The number of imidazole rings is 1. The molecule has 1 aliphatic carbocycles. The van der Waals surface area contributed by atoms with Gasteiger partial charge in [-0.25, -0.2) is 24.8 Å². The number of hydrogen-bond acceptors (Lipinski definition) is 7. The van der Waals surface area contributed by atoms with Crippen LogP contribution in [0.25, 0.3) is 16.7 Å². The van der Waals surface area contributed by atoms with Crippen LogP contribution in [0, 0.1) is 24.1 Å². The van der Waals surface area contributed by atoms with Gasteiger partial charge in [0.05, 0.1) is 30.1 Å². The van der Waals surface area contributed by atoms with Crippen LogP contribution in [0.5, 0.6) is 5.88 Å². The number of nitrogens with one attached hydrogen (secondary N) is 2. The summed E-state index contributed by atoms with van der Waals surface area (Å²) in [6, 6.07) is 4.63. The van der Waals surface area contributed by atoms with Gasteiger partial charge in [0.2, 0.25) is 5.88 Å². The topological polar surface area (TPSA) is 120 Å². The van der Waals surface area contributed by atoms with Crippen LogP contribution in [0.4, 0.5) is 4.39 Å². The molecule has 1 aliphatic rings. The number of hydrogen-bond donors (Lipinski definition) is 2. The molecule has 5 rings (SSSR count). The second-order valence-corrected chi connectivity index (χ2v) is 8.51. The predicted octanol–water partition coefficient (Wildman–Crippen LogP) is 3.12. The Labute approximate surface area is 200 Å². The van der Waals surface area contributed by atoms with E-state index < -0.39 is 11.9 Å². The monoisotopic (exact) mass is 477 g/mol. The molecule has 0 radical (unpaired) electrons. The summed E-state index contributed by atoms with van der Waals surface area (Å²) >= 11 is 0. The van der Waals surface area contributed by atoms with Crippen LogP contribution in [0.15, 0.2) is 43.1 Å². The minimum absolute atomic E-state index is 0.0212. The Morgan fingerprint density at radius 1 is 1.26 bits per heavy atom. The number of halogens is 1. The highest BCUT2D eigenvalue weighted by Gasteiger charge is 2.39. The molecule has 11 heteroatoms. The number of rotatable bonds is 8. The highest BCUT2D eigenvalue weighted by molar-refractivity contribution is 6.10. The Kier molecular flexibility index (Phi) is 5.77. The number of nitrogens with zero attached hydrogens (tertiary/aromatic N) is 5. The number of fused-ring (bicyclic) bond motifs is 1. The number of ketones is 1. The van der Waals surface area contributed by atoms with E-state index in [4.69, 9.17) is 15.0 Å². The van der Waals surface area contributed by atoms with Crippen LogP contribution >= 0.6 is 0 Å². The van der Waals surface area contributed by atoms with Gasteiger partial charge in [0, 0.05) is 25.6 Å². The number of carbonyl (C=O) groups is 1. The molecule has 180 valence electrons. The summed E-state index contributed by atoms with van der Waals surface area (Å²) in [5, 5.41) is 8.56. The fraction of sp³-hybridized carbons (Fsp3) is 0.292. The molecule has 1 atom stereocenters. The third kappa shape index (κ3) is 4.26. The number of pyridine rings is 2. The minimum Gasteiger partial charge on any atom is -0.479 e. The van der Waals surface area contributed by atoms with Gasteiger partial charge in [-0.1, -0.05) is 0 Å². The fourth-order valence-electron chi connectivity index (χ4n) is 4.01. The molecule has 1 fully saturated rings. The molecule has 0 saturated heterocycles. The lowest BCUT2D eigenvalue weighted by atomic mass is 10.0. The zero-order chi connectivity index (χ0) is 24.7. The van der Waals surface area contributed by atoms with Crippen LogP contribution in [-0.2, 0) is 11.9 Å². The lowest BCUT2D eigenvalue weighted by molar-refractivity contribution is 0.00470. The van der Waals surface area contributed by atoms with E-state index >= 15 is 0 Å². The summed E-state index contributed by atoms with van der Waals surface area (Å²) in [5.41, 5.74) is 4.94. The highest BCUT2D eigenvalue weighted by atomic mass is 19.1. The quantitative estimate of drug-likeness (QED) is 0.173. The lowest BCUT2D eigenvalue weighted by Gasteiger charge is -2.17. The van der Waals surface area contributed by atoms with Gasteiger partial charge in [-0.2, -0.15) is 0 Å². The van der Waals surface area contributed by atoms with Crippen LogP contribution < -0.4 is 10.2 Å². The van der Waals surface area contributed by atoms with Crippen LogP contribution in [0.1, 0.15) is 34.6 Å². The number of hydroxylamine groups is 1. The van der Waals surface area contributed by atoms with Crippen LogP contribution in [0.2, 0.25) is 0 Å². The first-order valence-electron chi connectivity index (χ1n) is 11.1. The number of ether oxygens (including phenoxy) is 1. The smallest absolute Gasteiger partial charge is 0.238 e. The summed E-state index contributed by atoms with van der Waals surface area (Å²) in [5.74, 6) is -0.728. The summed E-state index contributed by atoms with van der Waals surface area (Å²) in [6.45, 7) is 1.88. The molecule has 1 saturated carbocycles. The van der Waals surface area contributed by atoms with E-state index in [9.17, 15) is 9.18 Å². The number of methoxy groups -OCH3 is 1. The van der Waals surface area contributed by atoms with Crippen molar-refractivity contribution in [3.8, 4) is 11.6 Å². The molecule has 4 heterocycles. The van der Waals surface area contributed by atoms with E-state index in [1.165, 1.54) is 19.4 Å². The second kappa shape index (κ2) is 8.91. The molecule has 4 aromatic heterocycles. The molecule has 35 heavy (non-hydrogen) atoms. The van der Waals surface area contributed by atoms with Gasteiger partial charge in [0.25, 0.3) is 0 Å². The van der Waals surface area contributed by atoms with E-state index in [0.29, 0.717) is 17.2 Å². The molecule has 10 nitrogen and oxygen atoms in total. The van der Waals surface area contributed by atoms with Gasteiger partial charge >= 0.3 is 0 Å². The average molecular weight is 478 g/mol. The minimum atomic E-state index is -0.879. The zero-order valence-corrected chi connectivity index (χ0v) is 19.4. The van der Waals surface area contributed by atoms with Crippen LogP contribution in [-0.4, -0.2) is 48.9 Å². The van der Waals surface area contributed by atoms with Crippen molar-refractivity contribution in [3.05, 3.63) is 65.9 Å². The molecule has 0 aliphatic heterocycles. The van der Waals surface area contributed by atoms with Crippen molar-refractivity contribution in [2.75, 3.05) is 7.11 Å². The number of Topliss-reactive ketones (excluding diaryl/α,β-unsaturated/α-hetero) is 1. The Morgan fingerprint density at radius 3 is 2.74 bits per heavy atom. The second-order valence-electron chi connectivity index (χ2n) is 8.51. The normalized spacial score (nSPS) is 14.2. The van der Waals surface area contributed by atoms with Crippen molar-refractivity contribution in [1.29, 1.82) is 5.41 Å². The Hall–Kier alpha value is -4.12. The molecule has 1 unspecified atom stereocenters. The Morgan fingerprint density at radius 2 is 2.06 bits per heavy atom. The lowest BCUT2D eigenvalue weighted by Crippen LogP contribution is -2.36. The molecule has 2 N–H and O–H groups in total. The van der Waals surface area contributed by atoms with E-state index in [2.05, 4.69) is 20.4 Å². The van der Waals surface area contributed by atoms with Gasteiger partial charge in [-0.3, -0.25) is 15.0 Å². The summed E-state index contributed by atoms with van der Waals surface area (Å²) in [6.07, 6.45) is 7.16. The summed E-state index contributed by atoms with van der Waals surface area (Å²) in [7, 11) is 3.20. The maximum absolute atomic E-state index is 14.5. The maximum atomic E-state index is 14.5. The van der Waals surface area contributed by atoms with E-state index in [0.717, 1.165) is 18.5 Å². The summed E-state index contributed by atoms with van der Waals surface area (Å²) < 4.78 is 23.3. The largest absolute Gasteiger partial charge is 0.479 e. The average Bonchev–Trinajstić information content (AvgIpc) is 3.51. The first kappa shape index (κ1) is 22.7. The molecular weight excluding hydrogens is 453 g/mol. The van der Waals surface area contributed by atoms with Crippen molar-refractivity contribution in [3.63, 3.8) is 0 Å². The van der Waals surface area contributed by atoms with Gasteiger partial charge < -0.3 is 13.9 Å². The van der Waals surface area contributed by atoms with Crippen molar-refractivity contribution >= 4 is 22.7 Å². The van der Waals surface area contributed by atoms with Crippen molar-refractivity contribution in [1.82, 2.24) is 29.6 Å². The molecule has 0 spiro atoms. The molecular formula is C24H24FN7O3. The van der Waals surface area contributed by atoms with Gasteiger partial charge in [-0.15, -0.1) is 0 Å². The van der Waals surface area contributed by atoms with Gasteiger partial charge in [0.15, 0.2) is 17.7 Å². The first-order valence-corrected chi connectivity index (χ1v) is 11.1. The zero-order valence-electron chi connectivity index (χ0n) is 19.4. The van der Waals surface area contributed by atoms with Crippen molar-refractivity contribution < 1.29 is 18.8 Å².